The number of nitrogen functional groups attached to an aromatic ring is 1. The number of carbonyl (C=O) groups is 2. The number of Topliss-reactive ketones (excluding diaryl/α,β-unsaturated/α-hetero) is 1. The van der Waals surface area contributed by atoms with Gasteiger partial charge in [0.1, 0.15) is 5.82 Å². The number of halogens is 1. The minimum Gasteiger partial charge on any atom is -0.384 e. The van der Waals surface area contributed by atoms with Crippen LogP contribution in [0, 0.1) is 25.7 Å². The highest BCUT2D eigenvalue weighted by atomic mass is 35.5. The third-order valence-corrected chi connectivity index (χ3v) is 4.85. The fourth-order valence-electron chi connectivity index (χ4n) is 2.85. The fraction of sp³-hybridized carbons (Fsp3) is 0.125. The first-order chi connectivity index (χ1) is 14.3. The summed E-state index contributed by atoms with van der Waals surface area (Å²) in [5.74, 6) is 5.90. The van der Waals surface area contributed by atoms with Gasteiger partial charge in [-0.15, -0.1) is 0 Å². The molecule has 0 saturated heterocycles. The SMILES string of the molecule is Cc1ccc(C(=O)NCC(=O)c2c(C)cccc2Cl)cc1C#Cc1ccc(N)nc1. The first-order valence-corrected chi connectivity index (χ1v) is 9.63. The van der Waals surface area contributed by atoms with Crippen LogP contribution in [0.15, 0.2) is 54.7 Å². The zero-order valence-electron chi connectivity index (χ0n) is 16.6. The van der Waals surface area contributed by atoms with Crippen molar-refractivity contribution < 1.29 is 9.59 Å². The average Bonchev–Trinajstić information content (AvgIpc) is 2.72. The fourth-order valence-corrected chi connectivity index (χ4v) is 3.18. The molecule has 0 spiro atoms. The number of aryl methyl sites for hydroxylation is 2. The number of carbonyl (C=O) groups excluding carboxylic acids is 2. The number of nitrogens with zero attached hydrogens (tertiary/aromatic N) is 1. The van der Waals surface area contributed by atoms with Gasteiger partial charge < -0.3 is 11.1 Å². The van der Waals surface area contributed by atoms with E-state index in [2.05, 4.69) is 22.1 Å². The van der Waals surface area contributed by atoms with Crippen LogP contribution in [0.2, 0.25) is 5.02 Å². The maximum Gasteiger partial charge on any atom is 0.251 e. The van der Waals surface area contributed by atoms with E-state index in [0.29, 0.717) is 27.5 Å². The average molecular weight is 418 g/mol. The number of benzene rings is 2. The van der Waals surface area contributed by atoms with Gasteiger partial charge in [-0.25, -0.2) is 4.98 Å². The Morgan fingerprint density at radius 1 is 1.07 bits per heavy atom. The number of pyridine rings is 1. The van der Waals surface area contributed by atoms with E-state index >= 15 is 0 Å². The van der Waals surface area contributed by atoms with Gasteiger partial charge in [-0.2, -0.15) is 0 Å². The molecule has 2 aromatic carbocycles. The molecule has 30 heavy (non-hydrogen) atoms. The molecule has 0 unspecified atom stereocenters. The Morgan fingerprint density at radius 3 is 2.57 bits per heavy atom. The molecule has 0 aliphatic rings. The van der Waals surface area contributed by atoms with Gasteiger partial charge in [0, 0.05) is 28.5 Å². The van der Waals surface area contributed by atoms with Crippen molar-refractivity contribution in [2.24, 2.45) is 0 Å². The molecule has 0 atom stereocenters. The summed E-state index contributed by atoms with van der Waals surface area (Å²) in [6, 6.07) is 13.9. The van der Waals surface area contributed by atoms with Crippen LogP contribution >= 0.6 is 11.6 Å². The summed E-state index contributed by atoms with van der Waals surface area (Å²) in [7, 11) is 0. The number of nitrogens with one attached hydrogen (secondary N) is 1. The van der Waals surface area contributed by atoms with Gasteiger partial charge in [0.05, 0.1) is 11.6 Å². The standard InChI is InChI=1S/C24H20ClN3O2/c1-15-6-9-19(12-18(15)10-7-17-8-11-22(26)27-13-17)24(30)28-14-21(29)23-16(2)4-3-5-20(23)25/h3-6,8-9,11-13H,14H2,1-2H3,(H2,26,27)(H,28,30). The maximum absolute atomic E-state index is 12.6. The molecule has 1 heterocycles. The van der Waals surface area contributed by atoms with Crippen LogP contribution in [0.4, 0.5) is 5.82 Å². The number of hydrogen-bond donors (Lipinski definition) is 2. The van der Waals surface area contributed by atoms with Crippen molar-refractivity contribution in [2.75, 3.05) is 12.3 Å². The zero-order valence-corrected chi connectivity index (χ0v) is 17.4. The van der Waals surface area contributed by atoms with Crippen molar-refractivity contribution in [1.29, 1.82) is 0 Å². The lowest BCUT2D eigenvalue weighted by Gasteiger charge is -2.09. The number of hydrogen-bond acceptors (Lipinski definition) is 4. The molecular weight excluding hydrogens is 398 g/mol. The van der Waals surface area contributed by atoms with Crippen LogP contribution in [-0.2, 0) is 0 Å². The number of aromatic nitrogens is 1. The van der Waals surface area contributed by atoms with Gasteiger partial charge in [-0.3, -0.25) is 9.59 Å². The van der Waals surface area contributed by atoms with Crippen LogP contribution < -0.4 is 11.1 Å². The summed E-state index contributed by atoms with van der Waals surface area (Å²) in [5, 5.41) is 3.03. The summed E-state index contributed by atoms with van der Waals surface area (Å²) in [4.78, 5) is 29.1. The van der Waals surface area contributed by atoms with Crippen molar-refractivity contribution in [3.8, 4) is 11.8 Å². The topological polar surface area (TPSA) is 85.1 Å². The van der Waals surface area contributed by atoms with Crippen molar-refractivity contribution in [3.05, 3.63) is 93.1 Å². The van der Waals surface area contributed by atoms with Crippen LogP contribution in [0.25, 0.3) is 0 Å². The van der Waals surface area contributed by atoms with E-state index in [1.54, 1.807) is 42.6 Å². The molecule has 0 saturated carbocycles. The lowest BCUT2D eigenvalue weighted by molar-refractivity contribution is 0.0904. The molecule has 0 aliphatic heterocycles. The van der Waals surface area contributed by atoms with E-state index in [9.17, 15) is 9.59 Å². The number of anilines is 1. The molecule has 150 valence electrons. The molecular formula is C24H20ClN3O2. The van der Waals surface area contributed by atoms with Gasteiger partial charge in [0.25, 0.3) is 5.91 Å². The molecule has 6 heteroatoms. The quantitative estimate of drug-likeness (QED) is 0.497. The number of amides is 1. The highest BCUT2D eigenvalue weighted by Gasteiger charge is 2.15. The van der Waals surface area contributed by atoms with Gasteiger partial charge in [0.2, 0.25) is 0 Å². The largest absolute Gasteiger partial charge is 0.384 e. The molecule has 3 N–H and O–H groups in total. The van der Waals surface area contributed by atoms with Crippen molar-refractivity contribution in [3.63, 3.8) is 0 Å². The van der Waals surface area contributed by atoms with Crippen molar-refractivity contribution in [2.45, 2.75) is 13.8 Å². The molecule has 1 amide bonds. The smallest absolute Gasteiger partial charge is 0.251 e. The van der Waals surface area contributed by atoms with Gasteiger partial charge in [0.15, 0.2) is 5.78 Å². The third-order valence-electron chi connectivity index (χ3n) is 4.54. The first kappa shape index (κ1) is 21.1. The van der Waals surface area contributed by atoms with E-state index in [0.717, 1.165) is 16.7 Å². The molecule has 0 bridgehead atoms. The molecule has 0 aliphatic carbocycles. The Kier molecular flexibility index (Phi) is 6.51. The Labute approximate surface area is 180 Å². The molecule has 0 radical (unpaired) electrons. The zero-order chi connectivity index (χ0) is 21.7. The monoisotopic (exact) mass is 417 g/mol. The Bertz CT molecular complexity index is 1160. The minimum atomic E-state index is -0.356. The Balaban J connectivity index is 1.73. The van der Waals surface area contributed by atoms with E-state index in [1.807, 2.05) is 26.0 Å². The molecule has 5 nitrogen and oxygen atoms in total. The summed E-state index contributed by atoms with van der Waals surface area (Å²) in [6.07, 6.45) is 1.59. The van der Waals surface area contributed by atoms with Crippen LogP contribution in [0.3, 0.4) is 0 Å². The van der Waals surface area contributed by atoms with Crippen LogP contribution in [0.1, 0.15) is 43.0 Å². The van der Waals surface area contributed by atoms with Crippen molar-refractivity contribution >= 4 is 29.1 Å². The number of nitrogens with two attached hydrogens (primary N) is 1. The minimum absolute atomic E-state index is 0.143. The Hall–Kier alpha value is -3.62. The van der Waals surface area contributed by atoms with E-state index in [4.69, 9.17) is 17.3 Å². The molecule has 3 aromatic rings. The lowest BCUT2D eigenvalue weighted by atomic mass is 10.0. The number of ketones is 1. The lowest BCUT2D eigenvalue weighted by Crippen LogP contribution is -2.30. The summed E-state index contributed by atoms with van der Waals surface area (Å²) in [6.45, 7) is 3.58. The maximum atomic E-state index is 12.6. The molecule has 0 fully saturated rings. The third kappa shape index (κ3) is 5.05. The number of rotatable bonds is 4. The molecule has 3 rings (SSSR count). The second kappa shape index (κ2) is 9.25. The Morgan fingerprint density at radius 2 is 1.87 bits per heavy atom. The summed E-state index contributed by atoms with van der Waals surface area (Å²) < 4.78 is 0. The van der Waals surface area contributed by atoms with E-state index < -0.39 is 0 Å². The van der Waals surface area contributed by atoms with E-state index in [-0.39, 0.29) is 18.2 Å². The predicted octanol–water partition coefficient (Wildman–Crippen LogP) is 3.95. The second-order valence-electron chi connectivity index (χ2n) is 6.79. The van der Waals surface area contributed by atoms with E-state index in [1.165, 1.54) is 0 Å². The molecule has 1 aromatic heterocycles. The van der Waals surface area contributed by atoms with Crippen LogP contribution in [0.5, 0.6) is 0 Å². The normalized spacial score (nSPS) is 10.1. The van der Waals surface area contributed by atoms with Gasteiger partial charge in [-0.05, 0) is 55.3 Å². The van der Waals surface area contributed by atoms with Crippen LogP contribution in [-0.4, -0.2) is 23.2 Å². The first-order valence-electron chi connectivity index (χ1n) is 9.26. The van der Waals surface area contributed by atoms with Gasteiger partial charge >= 0.3 is 0 Å². The summed E-state index contributed by atoms with van der Waals surface area (Å²) >= 11 is 6.13. The van der Waals surface area contributed by atoms with Gasteiger partial charge in [-0.1, -0.05) is 41.6 Å². The predicted molar refractivity (Wildman–Crippen MR) is 119 cm³/mol. The van der Waals surface area contributed by atoms with Crippen molar-refractivity contribution in [1.82, 2.24) is 10.3 Å². The second-order valence-corrected chi connectivity index (χ2v) is 7.20. The highest BCUT2D eigenvalue weighted by molar-refractivity contribution is 6.34. The summed E-state index contributed by atoms with van der Waals surface area (Å²) in [5.41, 5.74) is 9.57. The highest BCUT2D eigenvalue weighted by Crippen LogP contribution is 2.19.